The molecule has 4 rings (SSSR count). The molecule has 158 valence electrons. The number of rotatable bonds is 8. The van der Waals surface area contributed by atoms with Gasteiger partial charge in [-0.1, -0.05) is 48.5 Å². The van der Waals surface area contributed by atoms with Crippen LogP contribution in [0.2, 0.25) is 0 Å². The molecule has 0 amide bonds. The predicted molar refractivity (Wildman–Crippen MR) is 114 cm³/mol. The molecular weight excluding hydrogens is 396 g/mol. The van der Waals surface area contributed by atoms with Crippen LogP contribution < -0.4 is 14.2 Å². The normalized spacial score (nSPS) is 10.7. The van der Waals surface area contributed by atoms with Crippen LogP contribution in [0.25, 0.3) is 22.8 Å². The molecule has 2 aromatic carbocycles. The molecule has 0 aliphatic heterocycles. The van der Waals surface area contributed by atoms with Gasteiger partial charge in [0, 0.05) is 17.3 Å². The third kappa shape index (κ3) is 4.48. The van der Waals surface area contributed by atoms with Gasteiger partial charge in [-0.2, -0.15) is 9.97 Å². The molecule has 0 saturated heterocycles. The Morgan fingerprint density at radius 2 is 1.71 bits per heavy atom. The van der Waals surface area contributed by atoms with Crippen molar-refractivity contribution in [1.29, 1.82) is 0 Å². The minimum absolute atomic E-state index is 0.0771. The smallest absolute Gasteiger partial charge is 0.264 e. The topological polar surface area (TPSA) is 92.4 Å². The third-order valence-corrected chi connectivity index (χ3v) is 4.61. The van der Waals surface area contributed by atoms with E-state index < -0.39 is 0 Å². The highest BCUT2D eigenvalue weighted by molar-refractivity contribution is 5.68. The minimum Gasteiger partial charge on any atom is -0.493 e. The predicted octanol–water partition coefficient (Wildman–Crippen LogP) is 4.35. The molecule has 0 radical (unpaired) electrons. The second-order valence-corrected chi connectivity index (χ2v) is 6.58. The molecule has 0 bridgehead atoms. The molecule has 4 aromatic rings. The maximum absolute atomic E-state index is 5.84. The van der Waals surface area contributed by atoms with Gasteiger partial charge in [-0.3, -0.25) is 0 Å². The Kier molecular flexibility index (Phi) is 6.07. The van der Waals surface area contributed by atoms with E-state index in [9.17, 15) is 0 Å². The molecular formula is C23H22N4O4. The number of methoxy groups -OCH3 is 2. The fourth-order valence-electron chi connectivity index (χ4n) is 3.07. The number of aryl methyl sites for hydroxylation is 1. The first-order chi connectivity index (χ1) is 15.2. The molecule has 0 atom stereocenters. The molecule has 0 aliphatic carbocycles. The van der Waals surface area contributed by atoms with E-state index in [-0.39, 0.29) is 6.61 Å². The molecule has 2 aromatic heterocycles. The summed E-state index contributed by atoms with van der Waals surface area (Å²) < 4.78 is 22.0. The lowest BCUT2D eigenvalue weighted by molar-refractivity contribution is 0.235. The molecule has 0 saturated carbocycles. The van der Waals surface area contributed by atoms with Gasteiger partial charge >= 0.3 is 0 Å². The number of hydrogen-bond acceptors (Lipinski definition) is 8. The van der Waals surface area contributed by atoms with Crippen molar-refractivity contribution in [3.63, 3.8) is 0 Å². The molecule has 8 nitrogen and oxygen atoms in total. The van der Waals surface area contributed by atoms with E-state index in [0.717, 1.165) is 17.7 Å². The molecule has 0 fully saturated rings. The molecule has 0 N–H and O–H groups in total. The zero-order valence-electron chi connectivity index (χ0n) is 17.5. The Hall–Kier alpha value is -3.94. The fraction of sp³-hybridized carbons (Fsp3) is 0.217. The summed E-state index contributed by atoms with van der Waals surface area (Å²) in [7, 11) is 3.14. The Morgan fingerprint density at radius 1 is 0.871 bits per heavy atom. The van der Waals surface area contributed by atoms with Crippen LogP contribution in [0.4, 0.5) is 0 Å². The lowest BCUT2D eigenvalue weighted by Gasteiger charge is -2.09. The number of hydrogen-bond donors (Lipinski definition) is 0. The van der Waals surface area contributed by atoms with Gasteiger partial charge in [0.25, 0.3) is 5.89 Å². The van der Waals surface area contributed by atoms with Crippen molar-refractivity contribution >= 4 is 0 Å². The maximum atomic E-state index is 5.84. The summed E-state index contributed by atoms with van der Waals surface area (Å²) in [5, 5.41) is 4.05. The van der Waals surface area contributed by atoms with E-state index in [1.807, 2.05) is 55.5 Å². The molecule has 2 heterocycles. The van der Waals surface area contributed by atoms with Gasteiger partial charge in [0.15, 0.2) is 23.9 Å². The van der Waals surface area contributed by atoms with Crippen molar-refractivity contribution in [2.45, 2.75) is 20.0 Å². The summed E-state index contributed by atoms with van der Waals surface area (Å²) in [4.78, 5) is 13.5. The molecule has 0 spiro atoms. The van der Waals surface area contributed by atoms with Crippen LogP contribution >= 0.6 is 0 Å². The van der Waals surface area contributed by atoms with Crippen molar-refractivity contribution in [2.24, 2.45) is 0 Å². The number of aromatic nitrogens is 4. The third-order valence-electron chi connectivity index (χ3n) is 4.61. The molecule has 0 unspecified atom stereocenters. The SMILES string of the molecule is CCc1cc(OCc2nc(-c3cccc(OC)c3OC)no2)nc(-c2ccccc2)n1. The first-order valence-corrected chi connectivity index (χ1v) is 9.82. The van der Waals surface area contributed by atoms with Gasteiger partial charge in [0.1, 0.15) is 0 Å². The second kappa shape index (κ2) is 9.25. The summed E-state index contributed by atoms with van der Waals surface area (Å²) in [6.07, 6.45) is 0.763. The second-order valence-electron chi connectivity index (χ2n) is 6.58. The lowest BCUT2D eigenvalue weighted by Crippen LogP contribution is -2.02. The molecule has 0 aliphatic rings. The standard InChI is InChI=1S/C23H22N4O4/c1-4-16-13-19(25-22(24-16)15-9-6-5-7-10-15)30-14-20-26-23(27-31-20)17-11-8-12-18(28-2)21(17)29-3/h5-13H,4,14H2,1-3H3. The van der Waals surface area contributed by atoms with Crippen molar-refractivity contribution in [2.75, 3.05) is 14.2 Å². The van der Waals surface area contributed by atoms with Gasteiger partial charge in [-0.15, -0.1) is 0 Å². The van der Waals surface area contributed by atoms with Crippen LogP contribution in [-0.2, 0) is 13.0 Å². The summed E-state index contributed by atoms with van der Waals surface area (Å²) in [5.74, 6) is 2.89. The number of ether oxygens (including phenoxy) is 3. The van der Waals surface area contributed by atoms with Crippen LogP contribution in [0.15, 0.2) is 59.1 Å². The Morgan fingerprint density at radius 3 is 2.45 bits per heavy atom. The summed E-state index contributed by atoms with van der Waals surface area (Å²) >= 11 is 0. The van der Waals surface area contributed by atoms with Crippen molar-refractivity contribution in [3.05, 3.63) is 66.2 Å². The number of benzene rings is 2. The van der Waals surface area contributed by atoms with Gasteiger partial charge < -0.3 is 18.7 Å². The number of nitrogens with zero attached hydrogens (tertiary/aromatic N) is 4. The van der Waals surface area contributed by atoms with Crippen molar-refractivity contribution in [3.8, 4) is 40.2 Å². The Labute approximate surface area is 179 Å². The van der Waals surface area contributed by atoms with E-state index in [0.29, 0.717) is 40.5 Å². The Balaban J connectivity index is 1.54. The lowest BCUT2D eigenvalue weighted by atomic mass is 10.1. The first-order valence-electron chi connectivity index (χ1n) is 9.82. The van der Waals surface area contributed by atoms with Crippen molar-refractivity contribution in [1.82, 2.24) is 20.1 Å². The monoisotopic (exact) mass is 418 g/mol. The molecule has 8 heteroatoms. The van der Waals surface area contributed by atoms with Crippen LogP contribution in [0.3, 0.4) is 0 Å². The van der Waals surface area contributed by atoms with E-state index in [2.05, 4.69) is 20.1 Å². The first kappa shape index (κ1) is 20.3. The summed E-state index contributed by atoms with van der Waals surface area (Å²) in [6, 6.07) is 17.1. The quantitative estimate of drug-likeness (QED) is 0.417. The average Bonchev–Trinajstić information content (AvgIpc) is 3.31. The van der Waals surface area contributed by atoms with E-state index in [1.54, 1.807) is 20.3 Å². The highest BCUT2D eigenvalue weighted by atomic mass is 16.5. The van der Waals surface area contributed by atoms with Crippen LogP contribution in [-0.4, -0.2) is 34.3 Å². The van der Waals surface area contributed by atoms with Crippen molar-refractivity contribution < 1.29 is 18.7 Å². The summed E-state index contributed by atoms with van der Waals surface area (Å²) in [5.41, 5.74) is 2.47. The van der Waals surface area contributed by atoms with Gasteiger partial charge in [0.2, 0.25) is 11.7 Å². The molecule has 31 heavy (non-hydrogen) atoms. The van der Waals surface area contributed by atoms with Gasteiger partial charge in [0.05, 0.1) is 19.8 Å². The maximum Gasteiger partial charge on any atom is 0.264 e. The minimum atomic E-state index is 0.0771. The van der Waals surface area contributed by atoms with Gasteiger partial charge in [-0.25, -0.2) is 4.98 Å². The van der Waals surface area contributed by atoms with E-state index in [4.69, 9.17) is 18.7 Å². The Bertz CT molecular complexity index is 1160. The fourth-order valence-corrected chi connectivity index (χ4v) is 3.07. The average molecular weight is 418 g/mol. The zero-order chi connectivity index (χ0) is 21.6. The van der Waals surface area contributed by atoms with Gasteiger partial charge in [-0.05, 0) is 18.6 Å². The highest BCUT2D eigenvalue weighted by Crippen LogP contribution is 2.36. The van der Waals surface area contributed by atoms with Crippen LogP contribution in [0.5, 0.6) is 17.4 Å². The number of para-hydroxylation sites is 1. The van der Waals surface area contributed by atoms with E-state index >= 15 is 0 Å². The van der Waals surface area contributed by atoms with Crippen LogP contribution in [0, 0.1) is 0 Å². The zero-order valence-corrected chi connectivity index (χ0v) is 17.5. The largest absolute Gasteiger partial charge is 0.493 e. The summed E-state index contributed by atoms with van der Waals surface area (Å²) in [6.45, 7) is 2.11. The van der Waals surface area contributed by atoms with E-state index in [1.165, 1.54) is 0 Å². The van der Waals surface area contributed by atoms with Crippen LogP contribution in [0.1, 0.15) is 18.5 Å². The highest BCUT2D eigenvalue weighted by Gasteiger charge is 2.17.